The summed E-state index contributed by atoms with van der Waals surface area (Å²) in [5.41, 5.74) is 0.572. The number of rotatable bonds is 7. The van der Waals surface area contributed by atoms with Gasteiger partial charge in [0.2, 0.25) is 5.91 Å². The average Bonchev–Trinajstić information content (AvgIpc) is 3.28. The second-order valence-electron chi connectivity index (χ2n) is 10.8. The van der Waals surface area contributed by atoms with Crippen molar-refractivity contribution in [2.75, 3.05) is 58.5 Å². The number of thiazole rings is 1. The van der Waals surface area contributed by atoms with Crippen LogP contribution in [0.4, 0.5) is 5.13 Å². The van der Waals surface area contributed by atoms with Gasteiger partial charge in [0.05, 0.1) is 32.8 Å². The van der Waals surface area contributed by atoms with Crippen molar-refractivity contribution in [1.29, 1.82) is 0 Å². The molecule has 1 saturated heterocycles. The van der Waals surface area contributed by atoms with Crippen molar-refractivity contribution < 1.29 is 19.0 Å². The molecule has 0 unspecified atom stereocenters. The molecule has 1 aliphatic heterocycles. The minimum absolute atomic E-state index is 0.203. The number of carbonyl (C=O) groups excluding carboxylic acids is 1. The summed E-state index contributed by atoms with van der Waals surface area (Å²) in [4.78, 5) is 23.8. The fraction of sp³-hybridized carbons (Fsp3) is 0.692. The molecule has 0 spiro atoms. The molecule has 4 bridgehead atoms. The third-order valence-electron chi connectivity index (χ3n) is 8.61. The van der Waals surface area contributed by atoms with E-state index in [1.807, 2.05) is 17.0 Å². The van der Waals surface area contributed by atoms with Crippen LogP contribution in [-0.2, 0) is 9.53 Å². The maximum absolute atomic E-state index is 14.4. The van der Waals surface area contributed by atoms with Crippen LogP contribution in [0.2, 0.25) is 0 Å². The number of hydrogen-bond donors (Lipinski definition) is 0. The summed E-state index contributed by atoms with van der Waals surface area (Å²) in [5, 5.41) is 0.770. The van der Waals surface area contributed by atoms with Crippen LogP contribution >= 0.6 is 11.3 Å². The first kappa shape index (κ1) is 22.6. The summed E-state index contributed by atoms with van der Waals surface area (Å²) in [7, 11) is 3.34. The zero-order valence-electron chi connectivity index (χ0n) is 20.3. The van der Waals surface area contributed by atoms with Gasteiger partial charge in [0.25, 0.3) is 0 Å². The van der Waals surface area contributed by atoms with Crippen LogP contribution in [-0.4, -0.2) is 69.4 Å². The lowest BCUT2D eigenvalue weighted by Gasteiger charge is -2.56. The summed E-state index contributed by atoms with van der Waals surface area (Å²) in [6.07, 6.45) is 7.16. The van der Waals surface area contributed by atoms with E-state index >= 15 is 0 Å². The Morgan fingerprint density at radius 2 is 1.71 bits per heavy atom. The highest BCUT2D eigenvalue weighted by Gasteiger charge is 2.56. The van der Waals surface area contributed by atoms with Gasteiger partial charge in [0.1, 0.15) is 21.7 Å². The van der Waals surface area contributed by atoms with Gasteiger partial charge in [-0.2, -0.15) is 0 Å². The van der Waals surface area contributed by atoms with Crippen molar-refractivity contribution in [3.05, 3.63) is 12.1 Å². The number of aromatic nitrogens is 1. The molecule has 1 amide bonds. The highest BCUT2D eigenvalue weighted by atomic mass is 32.1. The summed E-state index contributed by atoms with van der Waals surface area (Å²) >= 11 is 1.55. The zero-order valence-corrected chi connectivity index (χ0v) is 21.1. The van der Waals surface area contributed by atoms with Crippen LogP contribution in [0, 0.1) is 23.2 Å². The van der Waals surface area contributed by atoms with Crippen LogP contribution in [0.15, 0.2) is 12.1 Å². The maximum atomic E-state index is 14.4. The molecular formula is C26H35N3O4S. The molecule has 0 atom stereocenters. The highest BCUT2D eigenvalue weighted by Crippen LogP contribution is 2.61. The van der Waals surface area contributed by atoms with Crippen molar-refractivity contribution in [3.63, 3.8) is 0 Å². The predicted molar refractivity (Wildman–Crippen MR) is 133 cm³/mol. The molecule has 4 aliphatic carbocycles. The van der Waals surface area contributed by atoms with Crippen molar-refractivity contribution >= 4 is 32.6 Å². The van der Waals surface area contributed by atoms with Gasteiger partial charge in [0, 0.05) is 26.2 Å². The van der Waals surface area contributed by atoms with Crippen LogP contribution in [0.5, 0.6) is 11.5 Å². The second-order valence-corrected chi connectivity index (χ2v) is 11.7. The Hall–Kier alpha value is -1.90. The number of hydrogen-bond acceptors (Lipinski definition) is 7. The molecule has 1 aromatic heterocycles. The molecule has 8 heteroatoms. The third-order valence-corrected chi connectivity index (χ3v) is 9.70. The summed E-state index contributed by atoms with van der Waals surface area (Å²) < 4.78 is 17.7. The maximum Gasteiger partial charge on any atom is 0.235 e. The molecule has 0 N–H and O–H groups in total. The van der Waals surface area contributed by atoms with Gasteiger partial charge in [-0.25, -0.2) is 4.98 Å². The summed E-state index contributed by atoms with van der Waals surface area (Å²) in [5.74, 6) is 3.98. The first-order valence-electron chi connectivity index (χ1n) is 12.7. The molecule has 5 fully saturated rings. The lowest BCUT2D eigenvalue weighted by molar-refractivity contribution is -0.143. The fourth-order valence-electron chi connectivity index (χ4n) is 7.40. The molecule has 2 heterocycles. The van der Waals surface area contributed by atoms with E-state index in [0.29, 0.717) is 18.2 Å². The first-order valence-corrected chi connectivity index (χ1v) is 13.5. The Kier molecular flexibility index (Phi) is 5.94. The van der Waals surface area contributed by atoms with Gasteiger partial charge < -0.3 is 14.2 Å². The minimum Gasteiger partial charge on any atom is -0.495 e. The molecular weight excluding hydrogens is 450 g/mol. The van der Waals surface area contributed by atoms with Crippen LogP contribution in [0.25, 0.3) is 10.2 Å². The van der Waals surface area contributed by atoms with Crippen molar-refractivity contribution in [1.82, 2.24) is 9.88 Å². The lowest BCUT2D eigenvalue weighted by atomic mass is 9.49. The average molecular weight is 486 g/mol. The SMILES string of the molecule is COc1ccc(OC)c2sc(N(CCN3CCOCC3)C(=O)C34CC5CC(CC(C5)C3)C4)nc12. The fourth-order valence-corrected chi connectivity index (χ4v) is 8.50. The predicted octanol–water partition coefficient (Wildman–Crippen LogP) is 4.20. The number of methoxy groups -OCH3 is 2. The first-order chi connectivity index (χ1) is 16.6. The van der Waals surface area contributed by atoms with E-state index in [0.717, 1.165) is 91.0 Å². The molecule has 184 valence electrons. The molecule has 5 aliphatic rings. The van der Waals surface area contributed by atoms with Gasteiger partial charge in [-0.1, -0.05) is 11.3 Å². The van der Waals surface area contributed by atoms with Crippen molar-refractivity contribution in [2.24, 2.45) is 23.2 Å². The van der Waals surface area contributed by atoms with E-state index < -0.39 is 0 Å². The van der Waals surface area contributed by atoms with E-state index in [-0.39, 0.29) is 5.41 Å². The standard InChI is InChI=1S/C26H35N3O4S/c1-31-20-3-4-21(32-2)23-22(20)27-25(34-23)29(6-5-28-7-9-33-10-8-28)24(30)26-14-17-11-18(15-26)13-19(12-17)16-26/h3-4,17-19H,5-16H2,1-2H3. The number of nitrogens with zero attached hydrogens (tertiary/aromatic N) is 3. The van der Waals surface area contributed by atoms with E-state index in [1.165, 1.54) is 19.3 Å². The Balaban J connectivity index is 1.36. The van der Waals surface area contributed by atoms with Crippen molar-refractivity contribution in [2.45, 2.75) is 38.5 Å². The van der Waals surface area contributed by atoms with Crippen LogP contribution in [0.1, 0.15) is 38.5 Å². The Morgan fingerprint density at radius 3 is 2.32 bits per heavy atom. The highest BCUT2D eigenvalue weighted by molar-refractivity contribution is 7.22. The van der Waals surface area contributed by atoms with Crippen LogP contribution < -0.4 is 14.4 Å². The number of fused-ring (bicyclic) bond motifs is 1. The molecule has 7 rings (SSSR count). The minimum atomic E-state index is -0.203. The van der Waals surface area contributed by atoms with Gasteiger partial charge >= 0.3 is 0 Å². The zero-order chi connectivity index (χ0) is 23.3. The number of benzene rings is 1. The van der Waals surface area contributed by atoms with Gasteiger partial charge in [-0.15, -0.1) is 0 Å². The normalized spacial score (nSPS) is 30.6. The monoisotopic (exact) mass is 485 g/mol. The molecule has 4 saturated carbocycles. The number of amides is 1. The van der Waals surface area contributed by atoms with Gasteiger partial charge in [-0.05, 0) is 68.4 Å². The number of carbonyl (C=O) groups is 1. The Morgan fingerprint density at radius 1 is 1.09 bits per heavy atom. The molecule has 7 nitrogen and oxygen atoms in total. The quantitative estimate of drug-likeness (QED) is 0.586. The topological polar surface area (TPSA) is 64.1 Å². The van der Waals surface area contributed by atoms with Gasteiger partial charge in [0.15, 0.2) is 5.13 Å². The molecule has 34 heavy (non-hydrogen) atoms. The van der Waals surface area contributed by atoms with E-state index in [9.17, 15) is 4.79 Å². The molecule has 1 aromatic carbocycles. The van der Waals surface area contributed by atoms with Crippen molar-refractivity contribution in [3.8, 4) is 11.5 Å². The van der Waals surface area contributed by atoms with E-state index in [1.54, 1.807) is 25.6 Å². The second kappa shape index (κ2) is 8.95. The summed E-state index contributed by atoms with van der Waals surface area (Å²) in [6.45, 7) is 4.86. The Labute approximate surface area is 205 Å². The lowest BCUT2D eigenvalue weighted by Crippen LogP contribution is -2.56. The number of morpholine rings is 1. The molecule has 2 aromatic rings. The van der Waals surface area contributed by atoms with Gasteiger partial charge in [-0.3, -0.25) is 14.6 Å². The number of anilines is 1. The smallest absolute Gasteiger partial charge is 0.235 e. The Bertz CT molecular complexity index is 987. The largest absolute Gasteiger partial charge is 0.495 e. The number of ether oxygens (including phenoxy) is 3. The van der Waals surface area contributed by atoms with E-state index in [2.05, 4.69) is 4.90 Å². The third kappa shape index (κ3) is 3.88. The van der Waals surface area contributed by atoms with Crippen LogP contribution in [0.3, 0.4) is 0 Å². The summed E-state index contributed by atoms with van der Waals surface area (Å²) in [6, 6.07) is 3.81. The molecule has 0 radical (unpaired) electrons. The van der Waals surface area contributed by atoms with E-state index in [4.69, 9.17) is 19.2 Å².